The van der Waals surface area contributed by atoms with Gasteiger partial charge in [-0.1, -0.05) is 18.2 Å². The standard InChI is InChI=1S/C17H13N3O5S/c1-26-14-8-7-12(9-13(14)20(22)23)17(21)24-10-15-18-19-16(25-15)11-5-3-2-4-6-11/h2-9H,10H2,1H3. The third-order valence-electron chi connectivity index (χ3n) is 3.43. The molecule has 0 spiro atoms. The van der Waals surface area contributed by atoms with E-state index in [1.807, 2.05) is 30.3 Å². The van der Waals surface area contributed by atoms with Crippen LogP contribution in [0.15, 0.2) is 57.8 Å². The van der Waals surface area contributed by atoms with Gasteiger partial charge < -0.3 is 9.15 Å². The quantitative estimate of drug-likeness (QED) is 0.279. The molecule has 3 rings (SSSR count). The highest BCUT2D eigenvalue weighted by Crippen LogP contribution is 2.28. The fraction of sp³-hybridized carbons (Fsp3) is 0.118. The molecular weight excluding hydrogens is 358 g/mol. The zero-order valence-electron chi connectivity index (χ0n) is 13.6. The van der Waals surface area contributed by atoms with E-state index >= 15 is 0 Å². The Balaban J connectivity index is 1.69. The molecule has 0 aliphatic rings. The minimum atomic E-state index is -0.708. The molecule has 0 atom stereocenters. The van der Waals surface area contributed by atoms with Crippen molar-refractivity contribution in [1.29, 1.82) is 0 Å². The highest BCUT2D eigenvalue weighted by Gasteiger charge is 2.18. The Morgan fingerprint density at radius 2 is 2.00 bits per heavy atom. The van der Waals surface area contributed by atoms with Gasteiger partial charge in [0.1, 0.15) is 0 Å². The fourth-order valence-corrected chi connectivity index (χ4v) is 2.73. The van der Waals surface area contributed by atoms with Gasteiger partial charge in [-0.15, -0.1) is 22.0 Å². The summed E-state index contributed by atoms with van der Waals surface area (Å²) in [5, 5.41) is 18.8. The summed E-state index contributed by atoms with van der Waals surface area (Å²) in [7, 11) is 0. The average molecular weight is 371 g/mol. The van der Waals surface area contributed by atoms with Gasteiger partial charge in [-0.25, -0.2) is 4.79 Å². The second-order valence-corrected chi connectivity index (χ2v) is 5.93. The number of nitro benzene ring substituents is 1. The smallest absolute Gasteiger partial charge is 0.338 e. The number of carbonyl (C=O) groups is 1. The van der Waals surface area contributed by atoms with Crippen LogP contribution < -0.4 is 0 Å². The maximum Gasteiger partial charge on any atom is 0.338 e. The highest BCUT2D eigenvalue weighted by atomic mass is 32.2. The molecule has 1 heterocycles. The van der Waals surface area contributed by atoms with E-state index in [9.17, 15) is 14.9 Å². The Hall–Kier alpha value is -3.20. The van der Waals surface area contributed by atoms with Crippen LogP contribution in [-0.2, 0) is 11.3 Å². The van der Waals surface area contributed by atoms with Crippen LogP contribution in [0.3, 0.4) is 0 Å². The Labute approximate surface area is 152 Å². The van der Waals surface area contributed by atoms with E-state index in [0.29, 0.717) is 10.8 Å². The van der Waals surface area contributed by atoms with Crippen LogP contribution >= 0.6 is 11.8 Å². The van der Waals surface area contributed by atoms with Gasteiger partial charge in [0.2, 0.25) is 5.89 Å². The summed E-state index contributed by atoms with van der Waals surface area (Å²) in [6, 6.07) is 13.4. The van der Waals surface area contributed by atoms with Crippen LogP contribution in [0, 0.1) is 10.1 Å². The van der Waals surface area contributed by atoms with Crippen molar-refractivity contribution in [2.45, 2.75) is 11.5 Å². The molecule has 2 aromatic carbocycles. The molecule has 132 valence electrons. The molecule has 0 aliphatic heterocycles. The van der Waals surface area contributed by atoms with Crippen molar-refractivity contribution >= 4 is 23.4 Å². The molecule has 26 heavy (non-hydrogen) atoms. The first-order valence-electron chi connectivity index (χ1n) is 7.46. The van der Waals surface area contributed by atoms with E-state index in [2.05, 4.69) is 10.2 Å². The summed E-state index contributed by atoms with van der Waals surface area (Å²) in [5.74, 6) is -0.260. The van der Waals surface area contributed by atoms with Gasteiger partial charge in [-0.2, -0.15) is 0 Å². The summed E-state index contributed by atoms with van der Waals surface area (Å²) < 4.78 is 10.6. The van der Waals surface area contributed by atoms with Gasteiger partial charge >= 0.3 is 5.97 Å². The molecule has 0 fully saturated rings. The minimum absolute atomic E-state index is 0.0808. The first kappa shape index (κ1) is 17.6. The van der Waals surface area contributed by atoms with Gasteiger partial charge in [0.25, 0.3) is 11.6 Å². The normalized spacial score (nSPS) is 10.5. The second kappa shape index (κ2) is 7.79. The number of hydrogen-bond donors (Lipinski definition) is 0. The molecule has 1 aromatic heterocycles. The molecular formula is C17H13N3O5S. The van der Waals surface area contributed by atoms with Crippen LogP contribution in [0.5, 0.6) is 0 Å². The third kappa shape index (κ3) is 3.89. The van der Waals surface area contributed by atoms with Crippen LogP contribution in [0.2, 0.25) is 0 Å². The lowest BCUT2D eigenvalue weighted by Gasteiger charge is -2.04. The van der Waals surface area contributed by atoms with E-state index in [-0.39, 0.29) is 23.7 Å². The van der Waals surface area contributed by atoms with Gasteiger partial charge in [0.15, 0.2) is 6.61 Å². The Morgan fingerprint density at radius 3 is 2.69 bits per heavy atom. The Morgan fingerprint density at radius 1 is 1.23 bits per heavy atom. The molecule has 0 radical (unpaired) electrons. The number of ether oxygens (including phenoxy) is 1. The lowest BCUT2D eigenvalue weighted by atomic mass is 10.2. The highest BCUT2D eigenvalue weighted by molar-refractivity contribution is 7.98. The van der Waals surface area contributed by atoms with Gasteiger partial charge in [0.05, 0.1) is 15.4 Å². The minimum Gasteiger partial charge on any atom is -0.452 e. The number of benzene rings is 2. The Kier molecular flexibility index (Phi) is 5.28. The monoisotopic (exact) mass is 371 g/mol. The number of nitrogens with zero attached hydrogens (tertiary/aromatic N) is 3. The summed E-state index contributed by atoms with van der Waals surface area (Å²) in [6.45, 7) is -0.225. The molecule has 0 saturated heterocycles. The molecule has 0 unspecified atom stereocenters. The van der Waals surface area contributed by atoms with E-state index in [1.165, 1.54) is 30.0 Å². The predicted octanol–water partition coefficient (Wildman–Crippen LogP) is 3.72. The number of thioether (sulfide) groups is 1. The van der Waals surface area contributed by atoms with Gasteiger partial charge in [-0.3, -0.25) is 10.1 Å². The van der Waals surface area contributed by atoms with E-state index in [4.69, 9.17) is 9.15 Å². The predicted molar refractivity (Wildman–Crippen MR) is 93.7 cm³/mol. The summed E-state index contributed by atoms with van der Waals surface area (Å²) in [6.07, 6.45) is 1.72. The largest absolute Gasteiger partial charge is 0.452 e. The van der Waals surface area contributed by atoms with Gasteiger partial charge in [0, 0.05) is 11.6 Å². The SMILES string of the molecule is CSc1ccc(C(=O)OCc2nnc(-c3ccccc3)o2)cc1[N+](=O)[O-]. The topological polar surface area (TPSA) is 108 Å². The zero-order valence-corrected chi connectivity index (χ0v) is 14.4. The molecule has 0 N–H and O–H groups in total. The summed E-state index contributed by atoms with van der Waals surface area (Å²) in [4.78, 5) is 23.1. The molecule has 0 bridgehead atoms. The number of hydrogen-bond acceptors (Lipinski definition) is 8. The molecule has 0 aliphatic carbocycles. The van der Waals surface area contributed by atoms with E-state index in [1.54, 1.807) is 6.26 Å². The molecule has 0 saturated carbocycles. The van der Waals surface area contributed by atoms with Crippen molar-refractivity contribution < 1.29 is 18.9 Å². The molecule has 9 heteroatoms. The fourth-order valence-electron chi connectivity index (χ4n) is 2.18. The van der Waals surface area contributed by atoms with Crippen LogP contribution in [-0.4, -0.2) is 27.3 Å². The number of rotatable bonds is 6. The molecule has 3 aromatic rings. The first-order chi connectivity index (χ1) is 12.6. The van der Waals surface area contributed by atoms with Crippen molar-refractivity contribution in [1.82, 2.24) is 10.2 Å². The van der Waals surface area contributed by atoms with Crippen molar-refractivity contribution in [3.63, 3.8) is 0 Å². The average Bonchev–Trinajstić information content (AvgIpc) is 3.15. The van der Waals surface area contributed by atoms with E-state index in [0.717, 1.165) is 5.56 Å². The maximum atomic E-state index is 12.1. The summed E-state index contributed by atoms with van der Waals surface area (Å²) in [5.41, 5.74) is 0.689. The lowest BCUT2D eigenvalue weighted by molar-refractivity contribution is -0.387. The summed E-state index contributed by atoms with van der Waals surface area (Å²) >= 11 is 1.23. The second-order valence-electron chi connectivity index (χ2n) is 5.09. The third-order valence-corrected chi connectivity index (χ3v) is 4.21. The molecule has 0 amide bonds. The Bertz CT molecular complexity index is 943. The maximum absolute atomic E-state index is 12.1. The van der Waals surface area contributed by atoms with Crippen molar-refractivity contribution in [2.75, 3.05) is 6.26 Å². The van der Waals surface area contributed by atoms with Crippen LogP contribution in [0.25, 0.3) is 11.5 Å². The number of esters is 1. The van der Waals surface area contributed by atoms with Crippen molar-refractivity contribution in [3.8, 4) is 11.5 Å². The van der Waals surface area contributed by atoms with E-state index < -0.39 is 10.9 Å². The number of carbonyl (C=O) groups excluding carboxylic acids is 1. The van der Waals surface area contributed by atoms with Crippen LogP contribution in [0.4, 0.5) is 5.69 Å². The lowest BCUT2D eigenvalue weighted by Crippen LogP contribution is -2.06. The van der Waals surface area contributed by atoms with Gasteiger partial charge in [-0.05, 0) is 30.5 Å². The van der Waals surface area contributed by atoms with Crippen molar-refractivity contribution in [2.24, 2.45) is 0 Å². The van der Waals surface area contributed by atoms with Crippen LogP contribution in [0.1, 0.15) is 16.2 Å². The molecule has 8 nitrogen and oxygen atoms in total. The van der Waals surface area contributed by atoms with Crippen molar-refractivity contribution in [3.05, 3.63) is 70.1 Å². The number of nitro groups is 1. The zero-order chi connectivity index (χ0) is 18.5. The number of aromatic nitrogens is 2. The first-order valence-corrected chi connectivity index (χ1v) is 8.68.